The van der Waals surface area contributed by atoms with Crippen molar-refractivity contribution in [3.05, 3.63) is 64.7 Å². The topological polar surface area (TPSA) is 92.4 Å². The van der Waals surface area contributed by atoms with Gasteiger partial charge in [-0.3, -0.25) is 9.78 Å². The number of hydrogen-bond donors (Lipinski definition) is 2. The van der Waals surface area contributed by atoms with E-state index in [1.54, 1.807) is 42.7 Å². The van der Waals surface area contributed by atoms with Crippen molar-refractivity contribution >= 4 is 23.1 Å². The van der Waals surface area contributed by atoms with Gasteiger partial charge in [0.1, 0.15) is 0 Å². The van der Waals surface area contributed by atoms with Crippen LogP contribution in [0.4, 0.5) is 5.95 Å². The van der Waals surface area contributed by atoms with Crippen molar-refractivity contribution in [1.29, 1.82) is 0 Å². The van der Waals surface area contributed by atoms with E-state index in [1.165, 1.54) is 6.21 Å². The zero-order valence-electron chi connectivity index (χ0n) is 10.8. The molecule has 3 aromatic rings. The number of nitrogens with zero attached hydrogens (tertiary/aromatic N) is 4. The number of para-hydroxylation sites is 1. The first-order valence-electron chi connectivity index (χ1n) is 6.16. The Balaban J connectivity index is 1.93. The average Bonchev–Trinajstić information content (AvgIpc) is 2.53. The summed E-state index contributed by atoms with van der Waals surface area (Å²) in [6.07, 6.45) is 4.79. The maximum absolute atomic E-state index is 12.0. The molecule has 0 atom stereocenters. The zero-order chi connectivity index (χ0) is 14.7. The van der Waals surface area contributed by atoms with Crippen LogP contribution < -0.4 is 11.0 Å². The van der Waals surface area contributed by atoms with Crippen LogP contribution in [-0.2, 0) is 0 Å². The Kier molecular flexibility index (Phi) is 3.30. The Bertz CT molecular complexity index is 858. The van der Waals surface area contributed by atoms with Gasteiger partial charge >= 0.3 is 0 Å². The summed E-state index contributed by atoms with van der Waals surface area (Å²) in [6, 6.07) is 10.3. The highest BCUT2D eigenvalue weighted by Crippen LogP contribution is 2.09. The molecular formula is C14H11N5O2. The molecule has 7 nitrogen and oxygen atoms in total. The highest BCUT2D eigenvalue weighted by molar-refractivity contribution is 5.80. The number of nitrogens with one attached hydrogen (secondary N) is 1. The van der Waals surface area contributed by atoms with E-state index in [2.05, 4.69) is 20.5 Å². The van der Waals surface area contributed by atoms with Gasteiger partial charge in [0, 0.05) is 18.0 Å². The largest absolute Gasteiger partial charge is 0.422 e. The maximum atomic E-state index is 12.0. The molecule has 2 aromatic heterocycles. The molecule has 7 heteroatoms. The number of aromatic nitrogens is 3. The first-order valence-corrected chi connectivity index (χ1v) is 6.16. The lowest BCUT2D eigenvalue weighted by atomic mass is 10.2. The molecule has 0 saturated heterocycles. The Morgan fingerprint density at radius 3 is 2.90 bits per heavy atom. The van der Waals surface area contributed by atoms with Crippen molar-refractivity contribution < 1.29 is 5.21 Å². The normalized spacial score (nSPS) is 11.0. The second-order valence-electron chi connectivity index (χ2n) is 4.23. The third-order valence-corrected chi connectivity index (χ3v) is 2.82. The summed E-state index contributed by atoms with van der Waals surface area (Å²) in [5.41, 5.74) is 3.24. The quantitative estimate of drug-likeness (QED) is 0.431. The molecule has 0 amide bonds. The molecule has 0 spiro atoms. The van der Waals surface area contributed by atoms with Crippen molar-refractivity contribution in [2.24, 2.45) is 5.10 Å². The van der Waals surface area contributed by atoms with Crippen LogP contribution in [0.5, 0.6) is 0 Å². The van der Waals surface area contributed by atoms with Crippen LogP contribution in [-0.4, -0.2) is 26.1 Å². The zero-order valence-corrected chi connectivity index (χ0v) is 10.8. The molecule has 0 bridgehead atoms. The van der Waals surface area contributed by atoms with E-state index in [4.69, 9.17) is 0 Å². The minimum atomic E-state index is -0.556. The van der Waals surface area contributed by atoms with Gasteiger partial charge in [-0.25, -0.2) is 10.4 Å². The molecule has 2 N–H and O–H groups in total. The highest BCUT2D eigenvalue weighted by atomic mass is 16.5. The molecular weight excluding hydrogens is 270 g/mol. The minimum absolute atomic E-state index is 0.0566. The maximum Gasteiger partial charge on any atom is 0.295 e. The van der Waals surface area contributed by atoms with Crippen LogP contribution in [0.1, 0.15) is 5.56 Å². The van der Waals surface area contributed by atoms with Gasteiger partial charge in [-0.15, -0.1) is 4.73 Å². The van der Waals surface area contributed by atoms with Crippen LogP contribution in [0.25, 0.3) is 10.9 Å². The van der Waals surface area contributed by atoms with Gasteiger partial charge in [0.05, 0.1) is 17.1 Å². The summed E-state index contributed by atoms with van der Waals surface area (Å²) in [6.45, 7) is 0. The van der Waals surface area contributed by atoms with Gasteiger partial charge in [0.25, 0.3) is 11.5 Å². The summed E-state index contributed by atoms with van der Waals surface area (Å²) in [5.74, 6) is -0.0566. The van der Waals surface area contributed by atoms with E-state index in [-0.39, 0.29) is 5.95 Å². The van der Waals surface area contributed by atoms with Crippen molar-refractivity contribution in [1.82, 2.24) is 14.7 Å². The minimum Gasteiger partial charge on any atom is -0.422 e. The number of pyridine rings is 1. The highest BCUT2D eigenvalue weighted by Gasteiger charge is 2.08. The predicted molar refractivity (Wildman–Crippen MR) is 78.6 cm³/mol. The third kappa shape index (κ3) is 2.57. The van der Waals surface area contributed by atoms with Crippen molar-refractivity contribution in [2.75, 3.05) is 5.43 Å². The number of anilines is 1. The van der Waals surface area contributed by atoms with E-state index in [0.29, 0.717) is 15.6 Å². The smallest absolute Gasteiger partial charge is 0.295 e. The number of hydrogen-bond acceptors (Lipinski definition) is 6. The van der Waals surface area contributed by atoms with Crippen molar-refractivity contribution in [2.45, 2.75) is 0 Å². The first-order chi connectivity index (χ1) is 10.3. The van der Waals surface area contributed by atoms with E-state index in [0.717, 1.165) is 5.56 Å². The summed E-state index contributed by atoms with van der Waals surface area (Å²) >= 11 is 0. The molecule has 3 rings (SSSR count). The van der Waals surface area contributed by atoms with Crippen molar-refractivity contribution in [3.8, 4) is 0 Å². The molecule has 104 valence electrons. The first kappa shape index (κ1) is 12.8. The molecule has 0 fully saturated rings. The van der Waals surface area contributed by atoms with Crippen LogP contribution in [0.2, 0.25) is 0 Å². The van der Waals surface area contributed by atoms with E-state index in [1.807, 2.05) is 6.07 Å². The van der Waals surface area contributed by atoms with Crippen LogP contribution in [0, 0.1) is 0 Å². The molecule has 0 aliphatic carbocycles. The van der Waals surface area contributed by atoms with Gasteiger partial charge in [-0.05, 0) is 18.2 Å². The standard InChI is InChI=1S/C14H11N5O2/c20-13-11-5-1-2-6-12(11)17-14(19(13)21)18-16-9-10-4-3-7-15-8-10/h1-9,21H,(H,17,18)/b16-9-. The Labute approximate surface area is 119 Å². The second-order valence-corrected chi connectivity index (χ2v) is 4.23. The Morgan fingerprint density at radius 2 is 2.10 bits per heavy atom. The average molecular weight is 281 g/mol. The Morgan fingerprint density at radius 1 is 1.24 bits per heavy atom. The second kappa shape index (κ2) is 5.41. The van der Waals surface area contributed by atoms with Crippen LogP contribution >= 0.6 is 0 Å². The van der Waals surface area contributed by atoms with Crippen molar-refractivity contribution in [3.63, 3.8) is 0 Å². The number of benzene rings is 1. The molecule has 0 aliphatic rings. The fourth-order valence-electron chi connectivity index (χ4n) is 1.81. The SMILES string of the molecule is O=c1c2ccccc2nc(N/N=C\c2cccnc2)n1O. The fourth-order valence-corrected chi connectivity index (χ4v) is 1.81. The molecule has 21 heavy (non-hydrogen) atoms. The number of rotatable bonds is 3. The van der Waals surface area contributed by atoms with E-state index in [9.17, 15) is 10.0 Å². The van der Waals surface area contributed by atoms with E-state index >= 15 is 0 Å². The number of fused-ring (bicyclic) bond motifs is 1. The van der Waals surface area contributed by atoms with Gasteiger partial charge in [0.2, 0.25) is 0 Å². The monoisotopic (exact) mass is 281 g/mol. The molecule has 0 unspecified atom stereocenters. The lowest BCUT2D eigenvalue weighted by molar-refractivity contribution is 0.179. The fraction of sp³-hybridized carbons (Fsp3) is 0. The number of hydrazone groups is 1. The summed E-state index contributed by atoms with van der Waals surface area (Å²) in [5, 5.41) is 14.0. The third-order valence-electron chi connectivity index (χ3n) is 2.82. The summed E-state index contributed by atoms with van der Waals surface area (Å²) in [7, 11) is 0. The predicted octanol–water partition coefficient (Wildman–Crippen LogP) is 1.47. The summed E-state index contributed by atoms with van der Waals surface area (Å²) < 4.78 is 0.433. The van der Waals surface area contributed by atoms with Gasteiger partial charge < -0.3 is 5.21 Å². The van der Waals surface area contributed by atoms with Gasteiger partial charge in [0.15, 0.2) is 0 Å². The molecule has 0 aliphatic heterocycles. The molecule has 1 aromatic carbocycles. The van der Waals surface area contributed by atoms with Gasteiger partial charge in [-0.1, -0.05) is 18.2 Å². The summed E-state index contributed by atoms with van der Waals surface area (Å²) in [4.78, 5) is 20.0. The molecule has 0 saturated carbocycles. The lowest BCUT2D eigenvalue weighted by Gasteiger charge is -2.05. The molecule has 0 radical (unpaired) electrons. The van der Waals surface area contributed by atoms with Gasteiger partial charge in [-0.2, -0.15) is 5.10 Å². The van der Waals surface area contributed by atoms with E-state index < -0.39 is 5.56 Å². The lowest BCUT2D eigenvalue weighted by Crippen LogP contribution is -2.22. The van der Waals surface area contributed by atoms with Crippen LogP contribution in [0.3, 0.4) is 0 Å². The molecule has 2 heterocycles. The Hall–Kier alpha value is -3.22. The van der Waals surface area contributed by atoms with Crippen LogP contribution in [0.15, 0.2) is 58.7 Å².